The second-order valence-corrected chi connectivity index (χ2v) is 5.75. The minimum Gasteiger partial charge on any atom is -0.481 e. The maximum atomic E-state index is 10.5. The van der Waals surface area contributed by atoms with E-state index in [2.05, 4.69) is 9.47 Å². The van der Waals surface area contributed by atoms with Crippen LogP contribution in [0.1, 0.15) is 70.6 Å². The fourth-order valence-electron chi connectivity index (χ4n) is 1.93. The van der Waals surface area contributed by atoms with Gasteiger partial charge < -0.3 is 19.7 Å². The van der Waals surface area contributed by atoms with Crippen molar-refractivity contribution in [2.24, 2.45) is 0 Å². The van der Waals surface area contributed by atoms with Crippen molar-refractivity contribution in [3.05, 3.63) is 0 Å². The molecular formula is C17H24O10. The topological polar surface area (TPSA) is 161 Å². The molecule has 2 N–H and O–H groups in total. The Hall–Kier alpha value is -2.78. The van der Waals surface area contributed by atoms with E-state index in [1.165, 1.54) is 0 Å². The fraction of sp³-hybridized carbons (Fsp3) is 0.647. The van der Waals surface area contributed by atoms with Gasteiger partial charge in [-0.2, -0.15) is 0 Å². The predicted octanol–water partition coefficient (Wildman–Crippen LogP) is 1.59. The third kappa shape index (κ3) is 16.4. The Kier molecular flexibility index (Phi) is 12.9. The number of ether oxygens (including phenoxy) is 2. The largest absolute Gasteiger partial charge is 0.481 e. The lowest BCUT2D eigenvalue weighted by Crippen LogP contribution is -2.07. The lowest BCUT2D eigenvalue weighted by Gasteiger charge is -1.92. The third-order valence-corrected chi connectivity index (χ3v) is 3.26. The second kappa shape index (κ2) is 14.4. The second-order valence-electron chi connectivity index (χ2n) is 5.75. The number of carboxylic acids is 2. The molecule has 2 rings (SSSR count). The van der Waals surface area contributed by atoms with Crippen LogP contribution in [0.4, 0.5) is 0 Å². The quantitative estimate of drug-likeness (QED) is 0.534. The summed E-state index contributed by atoms with van der Waals surface area (Å²) in [5, 5.41) is 16.1. The average Bonchev–Trinajstić information content (AvgIpc) is 2.86. The van der Waals surface area contributed by atoms with Gasteiger partial charge in [0, 0.05) is 38.5 Å². The molecule has 0 radical (unpaired) electrons. The Labute approximate surface area is 155 Å². The van der Waals surface area contributed by atoms with Crippen molar-refractivity contribution < 1.29 is 48.5 Å². The Morgan fingerprint density at radius 2 is 0.889 bits per heavy atom. The minimum atomic E-state index is -0.948. The van der Waals surface area contributed by atoms with Gasteiger partial charge >= 0.3 is 35.8 Å². The summed E-state index contributed by atoms with van der Waals surface area (Å²) in [5.74, 6) is -3.41. The summed E-state index contributed by atoms with van der Waals surface area (Å²) in [6.07, 6.45) is 4.79. The van der Waals surface area contributed by atoms with Crippen molar-refractivity contribution in [3.8, 4) is 0 Å². The summed E-state index contributed by atoms with van der Waals surface area (Å²) in [7, 11) is 0. The Balaban J connectivity index is 0.000000376. The molecule has 2 aliphatic rings. The van der Waals surface area contributed by atoms with Crippen LogP contribution < -0.4 is 0 Å². The first kappa shape index (κ1) is 24.2. The molecule has 2 aliphatic heterocycles. The van der Waals surface area contributed by atoms with Gasteiger partial charge in [0.25, 0.3) is 0 Å². The summed E-state index contributed by atoms with van der Waals surface area (Å²) < 4.78 is 8.67. The normalized spacial score (nSPS) is 16.9. The molecule has 0 aromatic carbocycles. The number of esters is 4. The zero-order chi connectivity index (χ0) is 20.7. The molecule has 0 saturated carbocycles. The van der Waals surface area contributed by atoms with Crippen LogP contribution in [0.3, 0.4) is 0 Å². The molecule has 2 fully saturated rings. The number of carbonyl (C=O) groups excluding carboxylic acids is 4. The van der Waals surface area contributed by atoms with Crippen LogP contribution in [0, 0.1) is 0 Å². The zero-order valence-electron chi connectivity index (χ0n) is 14.9. The van der Waals surface area contributed by atoms with Crippen LogP contribution in [0.15, 0.2) is 0 Å². The minimum absolute atomic E-state index is 0.0632. The predicted molar refractivity (Wildman–Crippen MR) is 88.3 cm³/mol. The molecule has 0 atom stereocenters. The smallest absolute Gasteiger partial charge is 0.313 e. The van der Waals surface area contributed by atoms with Crippen molar-refractivity contribution >= 4 is 35.8 Å². The number of cyclic esters (lactones) is 4. The molecule has 10 heteroatoms. The molecule has 27 heavy (non-hydrogen) atoms. The summed E-state index contributed by atoms with van der Waals surface area (Å²) >= 11 is 0. The number of hydrogen-bond acceptors (Lipinski definition) is 8. The average molecular weight is 388 g/mol. The highest BCUT2D eigenvalue weighted by molar-refractivity contribution is 5.86. The van der Waals surface area contributed by atoms with E-state index >= 15 is 0 Å². The Bertz CT molecular complexity index is 472. The van der Waals surface area contributed by atoms with Crippen LogP contribution in [0.25, 0.3) is 0 Å². The van der Waals surface area contributed by atoms with E-state index in [0.29, 0.717) is 25.7 Å². The van der Waals surface area contributed by atoms with Crippen LogP contribution in [0.5, 0.6) is 0 Å². The molecule has 0 unspecified atom stereocenters. The van der Waals surface area contributed by atoms with E-state index in [0.717, 1.165) is 25.7 Å². The van der Waals surface area contributed by atoms with E-state index in [9.17, 15) is 28.8 Å². The molecule has 2 heterocycles. The highest BCUT2D eigenvalue weighted by atomic mass is 16.6. The number of aliphatic carboxylic acids is 2. The first-order valence-corrected chi connectivity index (χ1v) is 8.61. The molecule has 0 bridgehead atoms. The third-order valence-electron chi connectivity index (χ3n) is 3.26. The van der Waals surface area contributed by atoms with Gasteiger partial charge in [-0.3, -0.25) is 28.8 Å². The van der Waals surface area contributed by atoms with Gasteiger partial charge in [-0.25, -0.2) is 0 Å². The Morgan fingerprint density at radius 1 is 0.630 bits per heavy atom. The maximum Gasteiger partial charge on any atom is 0.313 e. The molecule has 152 valence electrons. The summed E-state index contributed by atoms with van der Waals surface area (Å²) in [6, 6.07) is 0. The van der Waals surface area contributed by atoms with Gasteiger partial charge in [-0.05, 0) is 32.1 Å². The number of carboxylic acid groups (broad SMARTS) is 2. The number of rotatable bonds is 4. The fourth-order valence-corrected chi connectivity index (χ4v) is 1.93. The van der Waals surface area contributed by atoms with E-state index in [1.54, 1.807) is 0 Å². The van der Waals surface area contributed by atoms with Crippen molar-refractivity contribution in [1.82, 2.24) is 0 Å². The molecule has 0 spiro atoms. The van der Waals surface area contributed by atoms with Gasteiger partial charge in [-0.15, -0.1) is 0 Å². The summed E-state index contributed by atoms with van der Waals surface area (Å²) in [4.78, 5) is 61.4. The van der Waals surface area contributed by atoms with Crippen molar-refractivity contribution in [2.45, 2.75) is 70.6 Å². The van der Waals surface area contributed by atoms with Crippen LogP contribution in [0.2, 0.25) is 0 Å². The Morgan fingerprint density at radius 3 is 1.11 bits per heavy atom. The first-order valence-electron chi connectivity index (χ1n) is 8.61. The summed E-state index contributed by atoms with van der Waals surface area (Å²) in [6.45, 7) is 0. The lowest BCUT2D eigenvalue weighted by molar-refractivity contribution is -0.160. The molecule has 0 aliphatic carbocycles. The monoisotopic (exact) mass is 388 g/mol. The molecule has 2 saturated heterocycles. The van der Waals surface area contributed by atoms with Crippen LogP contribution in [-0.2, 0) is 38.2 Å². The van der Waals surface area contributed by atoms with Crippen molar-refractivity contribution in [1.29, 1.82) is 0 Å². The zero-order valence-corrected chi connectivity index (χ0v) is 14.9. The summed E-state index contributed by atoms with van der Waals surface area (Å²) in [5.41, 5.74) is 0. The molecule has 0 amide bonds. The van der Waals surface area contributed by atoms with Gasteiger partial charge in [-0.1, -0.05) is 0 Å². The van der Waals surface area contributed by atoms with E-state index < -0.39 is 11.9 Å². The SMILES string of the molecule is O=C(O)CCCC(=O)O.O=C1CCCCC(=O)O1.O=C1CCCCC(=O)O1. The van der Waals surface area contributed by atoms with Crippen LogP contribution in [-0.4, -0.2) is 46.0 Å². The molecule has 0 aromatic heterocycles. The number of carbonyl (C=O) groups is 6. The maximum absolute atomic E-state index is 10.5. The number of hydrogen-bond donors (Lipinski definition) is 2. The van der Waals surface area contributed by atoms with Gasteiger partial charge in [0.2, 0.25) is 0 Å². The van der Waals surface area contributed by atoms with Crippen molar-refractivity contribution in [2.75, 3.05) is 0 Å². The highest BCUT2D eigenvalue weighted by Crippen LogP contribution is 2.08. The van der Waals surface area contributed by atoms with E-state index in [4.69, 9.17) is 10.2 Å². The molecular weight excluding hydrogens is 364 g/mol. The van der Waals surface area contributed by atoms with Crippen LogP contribution >= 0.6 is 0 Å². The lowest BCUT2D eigenvalue weighted by atomic mass is 10.2. The first-order chi connectivity index (χ1) is 12.7. The standard InChI is InChI=1S/2C6H8O3.C5H8O4/c2*7-5-3-1-2-4-6(8)9-5;6-4(7)2-1-3-5(8)9/h2*1-4H2;1-3H2,(H,6,7)(H,8,9). The molecule has 0 aromatic rings. The van der Waals surface area contributed by atoms with Gasteiger partial charge in [0.1, 0.15) is 0 Å². The van der Waals surface area contributed by atoms with Gasteiger partial charge in [0.15, 0.2) is 0 Å². The highest BCUT2D eigenvalue weighted by Gasteiger charge is 2.14. The van der Waals surface area contributed by atoms with E-state index in [-0.39, 0.29) is 43.1 Å². The van der Waals surface area contributed by atoms with Crippen molar-refractivity contribution in [3.63, 3.8) is 0 Å². The van der Waals surface area contributed by atoms with Gasteiger partial charge in [0.05, 0.1) is 0 Å². The molecule has 10 nitrogen and oxygen atoms in total. The van der Waals surface area contributed by atoms with E-state index in [1.807, 2.05) is 0 Å².